The summed E-state index contributed by atoms with van der Waals surface area (Å²) in [6.07, 6.45) is 0.499. The van der Waals surface area contributed by atoms with Crippen molar-refractivity contribution in [3.8, 4) is 0 Å². The Hall–Kier alpha value is -1.10. The van der Waals surface area contributed by atoms with E-state index < -0.39 is 0 Å². The fraction of sp³-hybridized carbons (Fsp3) is 0.600. The van der Waals surface area contributed by atoms with Crippen LogP contribution >= 0.6 is 0 Å². The molecule has 2 heterocycles. The van der Waals surface area contributed by atoms with Crippen LogP contribution in [-0.2, 0) is 0 Å². The molecule has 104 valence electrons. The first-order chi connectivity index (χ1) is 9.34. The van der Waals surface area contributed by atoms with Gasteiger partial charge in [0.1, 0.15) is 0 Å². The highest BCUT2D eigenvalue weighted by atomic mass is 15.4. The Morgan fingerprint density at radius 2 is 1.63 bits per heavy atom. The first-order valence-electron chi connectivity index (χ1n) is 7.33. The van der Waals surface area contributed by atoms with E-state index in [-0.39, 0.29) is 0 Å². The molecule has 1 aromatic rings. The molecule has 0 spiro atoms. The van der Waals surface area contributed by atoms with Crippen LogP contribution in [0.3, 0.4) is 0 Å². The van der Waals surface area contributed by atoms with Crippen LogP contribution in [-0.4, -0.2) is 56.9 Å². The van der Waals surface area contributed by atoms with Gasteiger partial charge >= 0.3 is 0 Å². The number of benzene rings is 1. The summed E-state index contributed by atoms with van der Waals surface area (Å²) in [5, 5.41) is 6.97. The van der Waals surface area contributed by atoms with Crippen molar-refractivity contribution in [2.24, 2.45) is 0 Å². The molecule has 0 aliphatic carbocycles. The van der Waals surface area contributed by atoms with Crippen molar-refractivity contribution in [2.75, 3.05) is 50.7 Å². The monoisotopic (exact) mass is 260 g/mol. The molecule has 0 aromatic heterocycles. The van der Waals surface area contributed by atoms with Gasteiger partial charge in [-0.05, 0) is 19.1 Å². The SMILES string of the molecule is Cc1ccc(N2CCNCC2N2CCNCC2)cc1. The lowest BCUT2D eigenvalue weighted by Gasteiger charge is -2.45. The molecule has 1 unspecified atom stereocenters. The molecule has 0 bridgehead atoms. The lowest BCUT2D eigenvalue weighted by atomic mass is 10.1. The molecule has 1 aromatic carbocycles. The molecular formula is C15H24N4. The second-order valence-corrected chi connectivity index (χ2v) is 5.50. The molecule has 1 atom stereocenters. The summed E-state index contributed by atoms with van der Waals surface area (Å²) < 4.78 is 0. The van der Waals surface area contributed by atoms with Gasteiger partial charge in [-0.15, -0.1) is 0 Å². The van der Waals surface area contributed by atoms with Gasteiger partial charge in [0.2, 0.25) is 0 Å². The maximum absolute atomic E-state index is 3.54. The topological polar surface area (TPSA) is 30.5 Å². The minimum absolute atomic E-state index is 0.499. The molecule has 2 aliphatic rings. The Morgan fingerprint density at radius 1 is 0.947 bits per heavy atom. The fourth-order valence-corrected chi connectivity index (χ4v) is 3.03. The number of hydrogen-bond donors (Lipinski definition) is 2. The maximum atomic E-state index is 3.54. The van der Waals surface area contributed by atoms with Crippen molar-refractivity contribution >= 4 is 5.69 Å². The van der Waals surface area contributed by atoms with Gasteiger partial charge in [-0.2, -0.15) is 0 Å². The van der Waals surface area contributed by atoms with E-state index in [2.05, 4.69) is 51.6 Å². The van der Waals surface area contributed by atoms with Crippen LogP contribution in [0, 0.1) is 6.92 Å². The van der Waals surface area contributed by atoms with Crippen LogP contribution in [0.15, 0.2) is 24.3 Å². The summed E-state index contributed by atoms with van der Waals surface area (Å²) >= 11 is 0. The van der Waals surface area contributed by atoms with E-state index in [1.54, 1.807) is 0 Å². The predicted octanol–water partition coefficient (Wildman–Crippen LogP) is 0.636. The van der Waals surface area contributed by atoms with Gasteiger partial charge in [-0.1, -0.05) is 17.7 Å². The molecule has 19 heavy (non-hydrogen) atoms. The van der Waals surface area contributed by atoms with Gasteiger partial charge in [-0.3, -0.25) is 4.90 Å². The highest BCUT2D eigenvalue weighted by Crippen LogP contribution is 2.21. The third kappa shape index (κ3) is 2.91. The third-order valence-electron chi connectivity index (χ3n) is 4.15. The molecule has 3 rings (SSSR count). The molecule has 2 N–H and O–H groups in total. The maximum Gasteiger partial charge on any atom is 0.0948 e. The molecule has 0 saturated carbocycles. The van der Waals surface area contributed by atoms with Crippen molar-refractivity contribution in [2.45, 2.75) is 13.1 Å². The largest absolute Gasteiger partial charge is 0.353 e. The zero-order valence-corrected chi connectivity index (χ0v) is 11.7. The van der Waals surface area contributed by atoms with E-state index in [9.17, 15) is 0 Å². The molecule has 2 saturated heterocycles. The van der Waals surface area contributed by atoms with Crippen molar-refractivity contribution in [3.05, 3.63) is 29.8 Å². The van der Waals surface area contributed by atoms with E-state index in [4.69, 9.17) is 0 Å². The molecule has 2 fully saturated rings. The summed E-state index contributed by atoms with van der Waals surface area (Å²) in [6, 6.07) is 8.95. The van der Waals surface area contributed by atoms with Crippen LogP contribution in [0.1, 0.15) is 5.56 Å². The highest BCUT2D eigenvalue weighted by Gasteiger charge is 2.28. The normalized spacial score (nSPS) is 25.5. The zero-order chi connectivity index (χ0) is 13.1. The number of nitrogens with one attached hydrogen (secondary N) is 2. The fourth-order valence-electron chi connectivity index (χ4n) is 3.03. The Balaban J connectivity index is 1.78. The molecule has 0 amide bonds. The van der Waals surface area contributed by atoms with Crippen LogP contribution in [0.2, 0.25) is 0 Å². The van der Waals surface area contributed by atoms with Gasteiger partial charge < -0.3 is 15.5 Å². The Kier molecular flexibility index (Phi) is 4.01. The minimum atomic E-state index is 0.499. The first kappa shape index (κ1) is 12.9. The van der Waals surface area contributed by atoms with Crippen molar-refractivity contribution in [1.29, 1.82) is 0 Å². The van der Waals surface area contributed by atoms with Crippen molar-refractivity contribution in [3.63, 3.8) is 0 Å². The number of nitrogens with zero attached hydrogens (tertiary/aromatic N) is 2. The Morgan fingerprint density at radius 3 is 2.37 bits per heavy atom. The minimum Gasteiger partial charge on any atom is -0.353 e. The van der Waals surface area contributed by atoms with Crippen LogP contribution < -0.4 is 15.5 Å². The lowest BCUT2D eigenvalue weighted by Crippen LogP contribution is -2.62. The highest BCUT2D eigenvalue weighted by molar-refractivity contribution is 5.49. The standard InChI is InChI=1S/C15H24N4/c1-13-2-4-14(5-3-13)19-11-8-17-12-15(19)18-9-6-16-7-10-18/h2-5,15-17H,6-12H2,1H3. The van der Waals surface area contributed by atoms with E-state index in [0.29, 0.717) is 6.17 Å². The first-order valence-corrected chi connectivity index (χ1v) is 7.33. The molecule has 4 heteroatoms. The average molecular weight is 260 g/mol. The van der Waals surface area contributed by atoms with Gasteiger partial charge in [-0.25, -0.2) is 0 Å². The third-order valence-corrected chi connectivity index (χ3v) is 4.15. The summed E-state index contributed by atoms with van der Waals surface area (Å²) in [4.78, 5) is 5.16. The lowest BCUT2D eigenvalue weighted by molar-refractivity contribution is 0.154. The zero-order valence-electron chi connectivity index (χ0n) is 11.7. The summed E-state index contributed by atoms with van der Waals surface area (Å²) in [6.45, 7) is 9.90. The molecular weight excluding hydrogens is 236 g/mol. The van der Waals surface area contributed by atoms with Gasteiger partial charge in [0, 0.05) is 51.5 Å². The van der Waals surface area contributed by atoms with E-state index in [1.807, 2.05) is 0 Å². The summed E-state index contributed by atoms with van der Waals surface area (Å²) in [7, 11) is 0. The van der Waals surface area contributed by atoms with Crippen molar-refractivity contribution < 1.29 is 0 Å². The quantitative estimate of drug-likeness (QED) is 0.817. The Bertz CT molecular complexity index is 397. The van der Waals surface area contributed by atoms with E-state index in [0.717, 1.165) is 45.8 Å². The predicted molar refractivity (Wildman–Crippen MR) is 79.6 cm³/mol. The van der Waals surface area contributed by atoms with Crippen LogP contribution in [0.4, 0.5) is 5.69 Å². The number of anilines is 1. The van der Waals surface area contributed by atoms with Crippen molar-refractivity contribution in [1.82, 2.24) is 15.5 Å². The summed E-state index contributed by atoms with van der Waals surface area (Å²) in [5.74, 6) is 0. The second kappa shape index (κ2) is 5.90. The van der Waals surface area contributed by atoms with Gasteiger partial charge in [0.15, 0.2) is 0 Å². The summed E-state index contributed by atoms with van der Waals surface area (Å²) in [5.41, 5.74) is 2.69. The molecule has 0 radical (unpaired) electrons. The van der Waals surface area contributed by atoms with Crippen LogP contribution in [0.25, 0.3) is 0 Å². The second-order valence-electron chi connectivity index (χ2n) is 5.50. The number of aryl methyl sites for hydroxylation is 1. The van der Waals surface area contributed by atoms with Gasteiger partial charge in [0.25, 0.3) is 0 Å². The number of hydrogen-bond acceptors (Lipinski definition) is 4. The molecule has 4 nitrogen and oxygen atoms in total. The number of rotatable bonds is 2. The van der Waals surface area contributed by atoms with E-state index >= 15 is 0 Å². The van der Waals surface area contributed by atoms with E-state index in [1.165, 1.54) is 11.3 Å². The van der Waals surface area contributed by atoms with Crippen LogP contribution in [0.5, 0.6) is 0 Å². The van der Waals surface area contributed by atoms with Gasteiger partial charge in [0.05, 0.1) is 6.17 Å². The molecule has 2 aliphatic heterocycles. The average Bonchev–Trinajstić information content (AvgIpc) is 2.49. The Labute approximate surface area is 115 Å². The number of piperazine rings is 2. The smallest absolute Gasteiger partial charge is 0.0948 e.